The van der Waals surface area contributed by atoms with Gasteiger partial charge in [0.15, 0.2) is 0 Å². The molecule has 2 N–H and O–H groups in total. The molecule has 3 rings (SSSR count). The molecule has 0 fully saturated rings. The summed E-state index contributed by atoms with van der Waals surface area (Å²) in [5.41, 5.74) is 7.66. The summed E-state index contributed by atoms with van der Waals surface area (Å²) in [4.78, 5) is 0. The van der Waals surface area contributed by atoms with Gasteiger partial charge in [0.05, 0.1) is 18.3 Å². The highest BCUT2D eigenvalue weighted by atomic mass is 16.5. The molecule has 0 radical (unpaired) electrons. The molecule has 1 atom stereocenters. The number of hydrogen-bond acceptors (Lipinski definition) is 4. The monoisotopic (exact) mass is 272 g/mol. The lowest BCUT2D eigenvalue weighted by Crippen LogP contribution is -2.29. The van der Waals surface area contributed by atoms with Crippen molar-refractivity contribution in [1.29, 1.82) is 0 Å². The molecule has 1 aromatic carbocycles. The van der Waals surface area contributed by atoms with Crippen LogP contribution in [-0.2, 0) is 12.1 Å². The first kappa shape index (κ1) is 13.1. The highest BCUT2D eigenvalue weighted by Gasteiger charge is 2.23. The number of nitrogens with zero attached hydrogens (tertiary/aromatic N) is 3. The first-order valence-electron chi connectivity index (χ1n) is 6.95. The summed E-state index contributed by atoms with van der Waals surface area (Å²) >= 11 is 0. The van der Waals surface area contributed by atoms with E-state index >= 15 is 0 Å². The van der Waals surface area contributed by atoms with Crippen LogP contribution in [0.15, 0.2) is 30.5 Å². The number of para-hydroxylation sites is 1. The SMILES string of the molecule is CC(C)(N)c1cn(CC2CCOc3ccccc32)nn1. The lowest BCUT2D eigenvalue weighted by molar-refractivity contribution is 0.256. The summed E-state index contributed by atoms with van der Waals surface area (Å²) in [6.45, 7) is 5.44. The average Bonchev–Trinajstić information content (AvgIpc) is 2.88. The van der Waals surface area contributed by atoms with E-state index in [4.69, 9.17) is 10.5 Å². The summed E-state index contributed by atoms with van der Waals surface area (Å²) in [6.07, 6.45) is 2.94. The molecule has 5 heteroatoms. The van der Waals surface area contributed by atoms with Crippen molar-refractivity contribution in [1.82, 2.24) is 15.0 Å². The largest absolute Gasteiger partial charge is 0.493 e. The van der Waals surface area contributed by atoms with Crippen LogP contribution < -0.4 is 10.5 Å². The smallest absolute Gasteiger partial charge is 0.122 e. The second-order valence-corrected chi connectivity index (χ2v) is 5.92. The minimum Gasteiger partial charge on any atom is -0.493 e. The highest BCUT2D eigenvalue weighted by molar-refractivity contribution is 5.37. The van der Waals surface area contributed by atoms with Gasteiger partial charge in [-0.1, -0.05) is 23.4 Å². The number of benzene rings is 1. The Morgan fingerprint density at radius 2 is 2.20 bits per heavy atom. The molecule has 5 nitrogen and oxygen atoms in total. The highest BCUT2D eigenvalue weighted by Crippen LogP contribution is 2.34. The second kappa shape index (κ2) is 4.90. The normalized spacial score (nSPS) is 18.4. The molecule has 0 saturated heterocycles. The molecule has 2 heterocycles. The Bertz CT molecular complexity index is 600. The van der Waals surface area contributed by atoms with Gasteiger partial charge in [0, 0.05) is 12.5 Å². The predicted octanol–water partition coefficient (Wildman–Crippen LogP) is 2.04. The lowest BCUT2D eigenvalue weighted by Gasteiger charge is -2.25. The van der Waals surface area contributed by atoms with Gasteiger partial charge in [-0.2, -0.15) is 0 Å². The molecule has 1 aliphatic heterocycles. The van der Waals surface area contributed by atoms with Crippen LogP contribution in [0.4, 0.5) is 0 Å². The zero-order valence-electron chi connectivity index (χ0n) is 11.9. The first-order chi connectivity index (χ1) is 9.54. The van der Waals surface area contributed by atoms with E-state index in [1.54, 1.807) is 0 Å². The van der Waals surface area contributed by atoms with Gasteiger partial charge in [-0.25, -0.2) is 0 Å². The fourth-order valence-corrected chi connectivity index (χ4v) is 2.51. The predicted molar refractivity (Wildman–Crippen MR) is 76.5 cm³/mol. The van der Waals surface area contributed by atoms with Crippen LogP contribution in [-0.4, -0.2) is 21.6 Å². The zero-order chi connectivity index (χ0) is 14.2. The summed E-state index contributed by atoms with van der Waals surface area (Å²) in [5.74, 6) is 1.40. The van der Waals surface area contributed by atoms with E-state index in [0.29, 0.717) is 5.92 Å². The van der Waals surface area contributed by atoms with E-state index < -0.39 is 5.54 Å². The summed E-state index contributed by atoms with van der Waals surface area (Å²) in [5, 5.41) is 8.36. The van der Waals surface area contributed by atoms with E-state index in [-0.39, 0.29) is 0 Å². The van der Waals surface area contributed by atoms with Crippen molar-refractivity contribution in [3.63, 3.8) is 0 Å². The van der Waals surface area contributed by atoms with Gasteiger partial charge in [0.2, 0.25) is 0 Å². The Kier molecular flexibility index (Phi) is 3.22. The van der Waals surface area contributed by atoms with Gasteiger partial charge in [-0.15, -0.1) is 5.10 Å². The van der Waals surface area contributed by atoms with Crippen molar-refractivity contribution in [2.45, 2.75) is 38.3 Å². The molecule has 2 aromatic rings. The van der Waals surface area contributed by atoms with Crippen LogP contribution in [0.3, 0.4) is 0 Å². The van der Waals surface area contributed by atoms with Crippen LogP contribution in [0.25, 0.3) is 0 Å². The van der Waals surface area contributed by atoms with Gasteiger partial charge >= 0.3 is 0 Å². The maximum atomic E-state index is 6.04. The standard InChI is InChI=1S/C15H20N4O/c1-15(2,16)14-10-19(18-17-14)9-11-7-8-20-13-6-4-3-5-12(11)13/h3-6,10-11H,7-9,16H2,1-2H3. The van der Waals surface area contributed by atoms with Crippen LogP contribution in [0.5, 0.6) is 5.75 Å². The number of aromatic nitrogens is 3. The van der Waals surface area contributed by atoms with Crippen molar-refractivity contribution in [3.05, 3.63) is 41.7 Å². The Hall–Kier alpha value is -1.88. The van der Waals surface area contributed by atoms with Gasteiger partial charge in [0.25, 0.3) is 0 Å². The van der Waals surface area contributed by atoms with Crippen LogP contribution in [0.2, 0.25) is 0 Å². The number of hydrogen-bond donors (Lipinski definition) is 1. The Balaban J connectivity index is 1.81. The van der Waals surface area contributed by atoms with E-state index in [1.807, 2.05) is 36.9 Å². The summed E-state index contributed by atoms with van der Waals surface area (Å²) < 4.78 is 7.57. The lowest BCUT2D eigenvalue weighted by atomic mass is 9.93. The molecule has 20 heavy (non-hydrogen) atoms. The van der Waals surface area contributed by atoms with Crippen molar-refractivity contribution in [2.75, 3.05) is 6.61 Å². The third kappa shape index (κ3) is 2.54. The molecule has 0 saturated carbocycles. The zero-order valence-corrected chi connectivity index (χ0v) is 11.9. The minimum absolute atomic E-state index is 0.412. The number of ether oxygens (including phenoxy) is 1. The van der Waals surface area contributed by atoms with Crippen molar-refractivity contribution in [3.8, 4) is 5.75 Å². The van der Waals surface area contributed by atoms with Crippen molar-refractivity contribution in [2.24, 2.45) is 5.73 Å². The molecule has 1 aliphatic rings. The average molecular weight is 272 g/mol. The molecule has 106 valence electrons. The fraction of sp³-hybridized carbons (Fsp3) is 0.467. The van der Waals surface area contributed by atoms with E-state index in [2.05, 4.69) is 22.4 Å². The Morgan fingerprint density at radius 3 is 2.95 bits per heavy atom. The van der Waals surface area contributed by atoms with Crippen LogP contribution >= 0.6 is 0 Å². The van der Waals surface area contributed by atoms with Crippen LogP contribution in [0.1, 0.15) is 37.4 Å². The second-order valence-electron chi connectivity index (χ2n) is 5.92. The molecule has 1 aromatic heterocycles. The quantitative estimate of drug-likeness (QED) is 0.928. The van der Waals surface area contributed by atoms with Crippen LogP contribution in [0, 0.1) is 0 Å². The third-order valence-electron chi connectivity index (χ3n) is 3.69. The molecule has 0 amide bonds. The van der Waals surface area contributed by atoms with Crippen molar-refractivity contribution >= 4 is 0 Å². The Morgan fingerprint density at radius 1 is 1.40 bits per heavy atom. The van der Waals surface area contributed by atoms with Gasteiger partial charge in [-0.3, -0.25) is 4.68 Å². The maximum Gasteiger partial charge on any atom is 0.122 e. The van der Waals surface area contributed by atoms with E-state index in [1.165, 1.54) is 5.56 Å². The van der Waals surface area contributed by atoms with Crippen molar-refractivity contribution < 1.29 is 4.74 Å². The molecule has 1 unspecified atom stereocenters. The molecule has 0 spiro atoms. The number of fused-ring (bicyclic) bond motifs is 1. The van der Waals surface area contributed by atoms with Gasteiger partial charge in [-0.05, 0) is 31.9 Å². The third-order valence-corrected chi connectivity index (χ3v) is 3.69. The maximum absolute atomic E-state index is 6.04. The number of nitrogens with two attached hydrogens (primary N) is 1. The molecule has 0 aliphatic carbocycles. The fourth-order valence-electron chi connectivity index (χ4n) is 2.51. The van der Waals surface area contributed by atoms with E-state index in [9.17, 15) is 0 Å². The van der Waals surface area contributed by atoms with E-state index in [0.717, 1.165) is 31.0 Å². The van der Waals surface area contributed by atoms with Gasteiger partial charge in [0.1, 0.15) is 11.4 Å². The summed E-state index contributed by atoms with van der Waals surface area (Å²) in [6, 6.07) is 8.21. The van der Waals surface area contributed by atoms with Gasteiger partial charge < -0.3 is 10.5 Å². The number of rotatable bonds is 3. The first-order valence-corrected chi connectivity index (χ1v) is 6.95. The molecule has 0 bridgehead atoms. The molecular weight excluding hydrogens is 252 g/mol. The summed E-state index contributed by atoms with van der Waals surface area (Å²) in [7, 11) is 0. The Labute approximate surface area is 118 Å². The molecular formula is C15H20N4O. The topological polar surface area (TPSA) is 66.0 Å². The minimum atomic E-state index is -0.453.